The molecule has 2 fully saturated rings. The molecule has 2 aromatic rings. The van der Waals surface area contributed by atoms with Gasteiger partial charge in [-0.25, -0.2) is 0 Å². The maximum absolute atomic E-state index is 13.6. The molecule has 2 aliphatic rings. The zero-order valence-electron chi connectivity index (χ0n) is 17.7. The minimum absolute atomic E-state index is 0.303. The van der Waals surface area contributed by atoms with Gasteiger partial charge in [0.2, 0.25) is 5.91 Å². The number of methoxy groups -OCH3 is 1. The number of hydrogen-bond donors (Lipinski definition) is 0. The Kier molecular flexibility index (Phi) is 5.91. The van der Waals surface area contributed by atoms with Crippen LogP contribution >= 0.6 is 0 Å². The van der Waals surface area contributed by atoms with Gasteiger partial charge in [0.25, 0.3) is 0 Å². The number of aryl methyl sites for hydroxylation is 1. The van der Waals surface area contributed by atoms with E-state index in [1.165, 1.54) is 11.1 Å². The maximum atomic E-state index is 13.6. The lowest BCUT2D eigenvalue weighted by Crippen LogP contribution is -2.59. The number of likely N-dealkylation sites (tertiary alicyclic amines) is 2. The van der Waals surface area contributed by atoms with Gasteiger partial charge in [0, 0.05) is 19.6 Å². The molecule has 0 N–H and O–H groups in total. The van der Waals surface area contributed by atoms with Gasteiger partial charge in [-0.2, -0.15) is 0 Å². The zero-order valence-corrected chi connectivity index (χ0v) is 17.7. The molecule has 0 aliphatic carbocycles. The summed E-state index contributed by atoms with van der Waals surface area (Å²) >= 11 is 0. The average Bonchev–Trinajstić information content (AvgIpc) is 3.13. The molecule has 29 heavy (non-hydrogen) atoms. The van der Waals surface area contributed by atoms with Gasteiger partial charge in [-0.1, -0.05) is 42.5 Å². The summed E-state index contributed by atoms with van der Waals surface area (Å²) < 4.78 is 5.40. The van der Waals surface area contributed by atoms with Crippen LogP contribution in [0.5, 0.6) is 5.75 Å². The first-order valence-electron chi connectivity index (χ1n) is 10.8. The van der Waals surface area contributed by atoms with Crippen LogP contribution in [0.25, 0.3) is 0 Å². The predicted octanol–water partition coefficient (Wildman–Crippen LogP) is 4.20. The molecule has 2 aliphatic heterocycles. The Morgan fingerprint density at radius 2 is 1.76 bits per heavy atom. The summed E-state index contributed by atoms with van der Waals surface area (Å²) in [6.45, 7) is 5.63. The molecule has 4 rings (SSSR count). The Morgan fingerprint density at radius 3 is 2.48 bits per heavy atom. The molecule has 2 heterocycles. The van der Waals surface area contributed by atoms with E-state index in [9.17, 15) is 4.79 Å². The van der Waals surface area contributed by atoms with Gasteiger partial charge >= 0.3 is 0 Å². The summed E-state index contributed by atoms with van der Waals surface area (Å²) in [6, 6.07) is 16.9. The van der Waals surface area contributed by atoms with Gasteiger partial charge in [-0.15, -0.1) is 0 Å². The summed E-state index contributed by atoms with van der Waals surface area (Å²) in [5.41, 5.74) is 3.41. The number of hydrogen-bond acceptors (Lipinski definition) is 3. The van der Waals surface area contributed by atoms with Gasteiger partial charge in [0.05, 0.1) is 7.11 Å². The van der Waals surface area contributed by atoms with Crippen molar-refractivity contribution in [3.63, 3.8) is 0 Å². The molecule has 2 saturated heterocycles. The number of amides is 1. The van der Waals surface area contributed by atoms with Crippen LogP contribution in [0.4, 0.5) is 0 Å². The number of rotatable bonds is 6. The molecule has 2 aromatic carbocycles. The minimum Gasteiger partial charge on any atom is -0.496 e. The lowest BCUT2D eigenvalue weighted by Gasteiger charge is -2.45. The lowest BCUT2D eigenvalue weighted by molar-refractivity contribution is -0.147. The Morgan fingerprint density at radius 1 is 1.00 bits per heavy atom. The van der Waals surface area contributed by atoms with Crippen LogP contribution in [0.2, 0.25) is 0 Å². The monoisotopic (exact) mass is 392 g/mol. The molecule has 1 unspecified atom stereocenters. The Hall–Kier alpha value is -2.33. The summed E-state index contributed by atoms with van der Waals surface area (Å²) in [7, 11) is 1.71. The van der Waals surface area contributed by atoms with Gasteiger partial charge in [-0.3, -0.25) is 9.69 Å². The highest BCUT2D eigenvalue weighted by Crippen LogP contribution is 2.39. The topological polar surface area (TPSA) is 32.8 Å². The fraction of sp³-hybridized carbons (Fsp3) is 0.480. The SMILES string of the molecule is COc1ccc(CN2CCCC23CCCN(CCc2ccccc2)C3=O)cc1C. The first kappa shape index (κ1) is 20.0. The van der Waals surface area contributed by atoms with E-state index in [2.05, 4.69) is 53.1 Å². The molecule has 4 heteroatoms. The van der Waals surface area contributed by atoms with E-state index < -0.39 is 0 Å². The third kappa shape index (κ3) is 4.04. The highest BCUT2D eigenvalue weighted by molar-refractivity contribution is 5.87. The predicted molar refractivity (Wildman–Crippen MR) is 116 cm³/mol. The van der Waals surface area contributed by atoms with Gasteiger partial charge < -0.3 is 9.64 Å². The number of ether oxygens (including phenoxy) is 1. The number of carbonyl (C=O) groups is 1. The Balaban J connectivity index is 1.47. The van der Waals surface area contributed by atoms with Crippen molar-refractivity contribution in [3.8, 4) is 5.75 Å². The van der Waals surface area contributed by atoms with E-state index >= 15 is 0 Å². The van der Waals surface area contributed by atoms with Crippen molar-refractivity contribution in [2.75, 3.05) is 26.7 Å². The van der Waals surface area contributed by atoms with Gasteiger partial charge in [0.1, 0.15) is 11.3 Å². The molecule has 4 nitrogen and oxygen atoms in total. The molecule has 1 atom stereocenters. The largest absolute Gasteiger partial charge is 0.496 e. The van der Waals surface area contributed by atoms with Crippen LogP contribution in [-0.2, 0) is 17.8 Å². The zero-order chi connectivity index (χ0) is 20.3. The van der Waals surface area contributed by atoms with Crippen molar-refractivity contribution in [3.05, 3.63) is 65.2 Å². The van der Waals surface area contributed by atoms with Crippen LogP contribution in [0.15, 0.2) is 48.5 Å². The minimum atomic E-state index is -0.303. The van der Waals surface area contributed by atoms with Crippen molar-refractivity contribution in [2.24, 2.45) is 0 Å². The molecule has 1 amide bonds. The van der Waals surface area contributed by atoms with Gasteiger partial charge in [-0.05, 0) is 68.3 Å². The smallest absolute Gasteiger partial charge is 0.243 e. The molecular weight excluding hydrogens is 360 g/mol. The second-order valence-corrected chi connectivity index (χ2v) is 8.49. The van der Waals surface area contributed by atoms with Crippen LogP contribution in [-0.4, -0.2) is 48.0 Å². The maximum Gasteiger partial charge on any atom is 0.243 e. The highest BCUT2D eigenvalue weighted by Gasteiger charge is 2.50. The molecule has 0 radical (unpaired) electrons. The highest BCUT2D eigenvalue weighted by atomic mass is 16.5. The molecule has 0 aromatic heterocycles. The average molecular weight is 393 g/mol. The van der Waals surface area contributed by atoms with E-state index in [-0.39, 0.29) is 5.54 Å². The second kappa shape index (κ2) is 8.58. The molecular formula is C25H32N2O2. The standard InChI is InChI=1S/C25H32N2O2/c1-20-18-22(10-11-23(20)29-2)19-27-16-7-14-25(27)13-6-15-26(24(25)28)17-12-21-8-4-3-5-9-21/h3-5,8-11,18H,6-7,12-17,19H2,1-2H3. The normalized spacial score (nSPS) is 22.4. The van der Waals surface area contributed by atoms with Crippen LogP contribution < -0.4 is 4.74 Å². The Labute approximate surface area is 174 Å². The number of carbonyl (C=O) groups excluding carboxylic acids is 1. The quantitative estimate of drug-likeness (QED) is 0.738. The third-order valence-electron chi connectivity index (χ3n) is 6.67. The van der Waals surface area contributed by atoms with Crippen molar-refractivity contribution in [1.29, 1.82) is 0 Å². The first-order valence-corrected chi connectivity index (χ1v) is 10.8. The second-order valence-electron chi connectivity index (χ2n) is 8.49. The fourth-order valence-electron chi connectivity index (χ4n) is 5.14. The number of benzene rings is 2. The summed E-state index contributed by atoms with van der Waals surface area (Å²) in [4.78, 5) is 18.2. The first-order chi connectivity index (χ1) is 14.1. The summed E-state index contributed by atoms with van der Waals surface area (Å²) in [5, 5.41) is 0. The molecule has 154 valence electrons. The molecule has 1 spiro atoms. The number of nitrogens with zero attached hydrogens (tertiary/aromatic N) is 2. The Bertz CT molecular complexity index is 851. The van der Waals surface area contributed by atoms with Crippen molar-refractivity contribution in [2.45, 2.75) is 51.1 Å². The van der Waals surface area contributed by atoms with E-state index in [0.717, 1.165) is 69.6 Å². The van der Waals surface area contributed by atoms with Crippen molar-refractivity contribution < 1.29 is 9.53 Å². The van der Waals surface area contributed by atoms with Crippen LogP contribution in [0.3, 0.4) is 0 Å². The third-order valence-corrected chi connectivity index (χ3v) is 6.67. The summed E-state index contributed by atoms with van der Waals surface area (Å²) in [6.07, 6.45) is 5.11. The number of piperidine rings is 1. The van der Waals surface area contributed by atoms with Crippen LogP contribution in [0.1, 0.15) is 42.4 Å². The lowest BCUT2D eigenvalue weighted by atomic mass is 9.85. The van der Waals surface area contributed by atoms with Crippen molar-refractivity contribution >= 4 is 5.91 Å². The van der Waals surface area contributed by atoms with E-state index in [1.54, 1.807) is 7.11 Å². The van der Waals surface area contributed by atoms with Crippen molar-refractivity contribution in [1.82, 2.24) is 9.80 Å². The summed E-state index contributed by atoms with van der Waals surface area (Å²) in [5.74, 6) is 1.27. The molecule has 0 saturated carbocycles. The fourth-order valence-corrected chi connectivity index (χ4v) is 5.14. The van der Waals surface area contributed by atoms with Crippen LogP contribution in [0, 0.1) is 6.92 Å². The van der Waals surface area contributed by atoms with E-state index in [4.69, 9.17) is 4.74 Å². The molecule has 0 bridgehead atoms. The van der Waals surface area contributed by atoms with Gasteiger partial charge in [0.15, 0.2) is 0 Å². The van der Waals surface area contributed by atoms with E-state index in [1.807, 2.05) is 12.1 Å². The van der Waals surface area contributed by atoms with E-state index in [0.29, 0.717) is 5.91 Å².